The van der Waals surface area contributed by atoms with Gasteiger partial charge in [0, 0.05) is 31.5 Å². The zero-order valence-corrected chi connectivity index (χ0v) is 17.5. The maximum Gasteiger partial charge on any atom is 0.256 e. The lowest BCUT2D eigenvalue weighted by Gasteiger charge is -2.28. The third-order valence-corrected chi connectivity index (χ3v) is 5.49. The number of aromatic nitrogens is 3. The van der Waals surface area contributed by atoms with Crippen LogP contribution in [0.25, 0.3) is 22.5 Å². The molecule has 0 saturated carbocycles. The van der Waals surface area contributed by atoms with Gasteiger partial charge in [0.15, 0.2) is 11.4 Å². The second-order valence-corrected chi connectivity index (χ2v) is 7.54. The molecular weight excluding hydrogens is 394 g/mol. The number of amides is 1. The molecule has 0 bridgehead atoms. The molecule has 1 aliphatic heterocycles. The summed E-state index contributed by atoms with van der Waals surface area (Å²) in [5.74, 6) is 0.389. The van der Waals surface area contributed by atoms with Crippen molar-refractivity contribution in [2.45, 2.75) is 6.92 Å². The molecule has 0 spiro atoms. The molecule has 4 aromatic rings. The predicted octanol–water partition coefficient (Wildman–Crippen LogP) is 3.63. The second kappa shape index (κ2) is 7.88. The normalized spacial score (nSPS) is 14.2. The number of nitrogens with zero attached hydrogens (tertiary/aromatic N) is 4. The van der Waals surface area contributed by atoms with Crippen molar-refractivity contribution >= 4 is 28.3 Å². The van der Waals surface area contributed by atoms with Crippen LogP contribution in [0.2, 0.25) is 0 Å². The van der Waals surface area contributed by atoms with Gasteiger partial charge >= 0.3 is 0 Å². The minimum atomic E-state index is -0.213. The third kappa shape index (κ3) is 3.66. The summed E-state index contributed by atoms with van der Waals surface area (Å²) >= 11 is 0. The van der Waals surface area contributed by atoms with Crippen LogP contribution in [-0.2, 0) is 11.8 Å². The van der Waals surface area contributed by atoms with Gasteiger partial charge < -0.3 is 19.4 Å². The number of morpholine rings is 1. The van der Waals surface area contributed by atoms with E-state index in [1.54, 1.807) is 23.1 Å². The molecule has 8 heteroatoms. The molecular formula is C23H23N5O3. The fourth-order valence-electron chi connectivity index (χ4n) is 3.95. The van der Waals surface area contributed by atoms with E-state index in [-0.39, 0.29) is 5.91 Å². The fourth-order valence-corrected chi connectivity index (χ4v) is 3.95. The van der Waals surface area contributed by atoms with Gasteiger partial charge in [0.25, 0.3) is 5.91 Å². The Morgan fingerprint density at radius 3 is 2.61 bits per heavy atom. The van der Waals surface area contributed by atoms with Crippen LogP contribution >= 0.6 is 0 Å². The Morgan fingerprint density at radius 1 is 1.13 bits per heavy atom. The number of benzene rings is 1. The Hall–Kier alpha value is -3.65. The monoisotopic (exact) mass is 417 g/mol. The zero-order chi connectivity index (χ0) is 21.4. The molecule has 0 unspecified atom stereocenters. The number of aryl methyl sites for hydroxylation is 2. The van der Waals surface area contributed by atoms with Gasteiger partial charge in [-0.05, 0) is 49.4 Å². The van der Waals surface area contributed by atoms with Gasteiger partial charge in [-0.2, -0.15) is 5.10 Å². The SMILES string of the molecule is Cc1nn(C)c2nc(-c3ccco3)cc(C(=O)Nc3ccc(N4CCOCC4)cc3)c12. The van der Waals surface area contributed by atoms with Crippen molar-refractivity contribution < 1.29 is 13.9 Å². The first-order valence-corrected chi connectivity index (χ1v) is 10.2. The van der Waals surface area contributed by atoms with Crippen molar-refractivity contribution in [1.82, 2.24) is 14.8 Å². The number of hydrogen-bond acceptors (Lipinski definition) is 6. The molecule has 5 rings (SSSR count). The second-order valence-electron chi connectivity index (χ2n) is 7.54. The van der Waals surface area contributed by atoms with Crippen molar-refractivity contribution in [3.8, 4) is 11.5 Å². The van der Waals surface area contributed by atoms with E-state index >= 15 is 0 Å². The Morgan fingerprint density at radius 2 is 1.90 bits per heavy atom. The van der Waals surface area contributed by atoms with Crippen molar-refractivity contribution in [3.05, 3.63) is 60.0 Å². The smallest absolute Gasteiger partial charge is 0.256 e. The summed E-state index contributed by atoms with van der Waals surface area (Å²) in [5, 5.41) is 8.20. The third-order valence-electron chi connectivity index (χ3n) is 5.49. The Kier molecular flexibility index (Phi) is 4.91. The van der Waals surface area contributed by atoms with Gasteiger partial charge in [0.1, 0.15) is 5.69 Å². The maximum atomic E-state index is 13.3. The highest BCUT2D eigenvalue weighted by molar-refractivity contribution is 6.13. The van der Waals surface area contributed by atoms with E-state index in [4.69, 9.17) is 9.15 Å². The quantitative estimate of drug-likeness (QED) is 0.546. The van der Waals surface area contributed by atoms with E-state index in [0.29, 0.717) is 22.7 Å². The van der Waals surface area contributed by atoms with Crippen molar-refractivity contribution in [2.75, 3.05) is 36.5 Å². The van der Waals surface area contributed by atoms with E-state index < -0.39 is 0 Å². The molecule has 3 aromatic heterocycles. The molecule has 1 amide bonds. The number of carbonyl (C=O) groups is 1. The average molecular weight is 417 g/mol. The molecule has 158 valence electrons. The average Bonchev–Trinajstić information content (AvgIpc) is 3.43. The minimum absolute atomic E-state index is 0.213. The fraction of sp³-hybridized carbons (Fsp3) is 0.261. The summed E-state index contributed by atoms with van der Waals surface area (Å²) in [6.45, 7) is 5.09. The number of rotatable bonds is 4. The Balaban J connectivity index is 1.46. The van der Waals surface area contributed by atoms with Crippen LogP contribution in [-0.4, -0.2) is 47.0 Å². The number of anilines is 2. The number of nitrogens with one attached hydrogen (secondary N) is 1. The number of ether oxygens (including phenoxy) is 1. The van der Waals surface area contributed by atoms with E-state index in [9.17, 15) is 4.79 Å². The molecule has 1 aromatic carbocycles. The van der Waals surface area contributed by atoms with Gasteiger partial charge in [-0.25, -0.2) is 4.98 Å². The van der Waals surface area contributed by atoms with Crippen molar-refractivity contribution in [1.29, 1.82) is 0 Å². The summed E-state index contributed by atoms with van der Waals surface area (Å²) in [5.41, 5.74) is 4.35. The number of carbonyl (C=O) groups excluding carboxylic acids is 1. The molecule has 0 aliphatic carbocycles. The molecule has 8 nitrogen and oxygen atoms in total. The molecule has 0 atom stereocenters. The highest BCUT2D eigenvalue weighted by atomic mass is 16.5. The maximum absolute atomic E-state index is 13.3. The van der Waals surface area contributed by atoms with Gasteiger partial charge in [-0.1, -0.05) is 0 Å². The number of pyridine rings is 1. The summed E-state index contributed by atoms with van der Waals surface area (Å²) in [4.78, 5) is 20.2. The predicted molar refractivity (Wildman–Crippen MR) is 118 cm³/mol. The van der Waals surface area contributed by atoms with Crippen LogP contribution in [0.4, 0.5) is 11.4 Å². The first-order chi connectivity index (χ1) is 15.1. The molecule has 1 aliphatic rings. The highest BCUT2D eigenvalue weighted by Gasteiger charge is 2.20. The van der Waals surface area contributed by atoms with Crippen LogP contribution in [0.15, 0.2) is 53.1 Å². The van der Waals surface area contributed by atoms with E-state index in [0.717, 1.165) is 48.8 Å². The molecule has 1 fully saturated rings. The largest absolute Gasteiger partial charge is 0.463 e. The van der Waals surface area contributed by atoms with Crippen LogP contribution in [0.3, 0.4) is 0 Å². The number of hydrogen-bond donors (Lipinski definition) is 1. The van der Waals surface area contributed by atoms with E-state index in [2.05, 4.69) is 20.3 Å². The summed E-state index contributed by atoms with van der Waals surface area (Å²) < 4.78 is 12.6. The molecule has 31 heavy (non-hydrogen) atoms. The van der Waals surface area contributed by atoms with Crippen molar-refractivity contribution in [2.24, 2.45) is 7.05 Å². The van der Waals surface area contributed by atoms with E-state index in [1.165, 1.54) is 0 Å². The lowest BCUT2D eigenvalue weighted by atomic mass is 10.1. The molecule has 0 radical (unpaired) electrons. The molecule has 1 N–H and O–H groups in total. The topological polar surface area (TPSA) is 85.4 Å². The van der Waals surface area contributed by atoms with Crippen LogP contribution in [0, 0.1) is 6.92 Å². The summed E-state index contributed by atoms with van der Waals surface area (Å²) in [7, 11) is 1.82. The highest BCUT2D eigenvalue weighted by Crippen LogP contribution is 2.28. The first kappa shape index (κ1) is 19.3. The van der Waals surface area contributed by atoms with Crippen LogP contribution in [0.1, 0.15) is 16.1 Å². The van der Waals surface area contributed by atoms with Gasteiger partial charge in [0.05, 0.1) is 36.1 Å². The Labute approximate surface area is 179 Å². The lowest BCUT2D eigenvalue weighted by Crippen LogP contribution is -2.36. The Bertz CT molecular complexity index is 1220. The zero-order valence-electron chi connectivity index (χ0n) is 17.5. The van der Waals surface area contributed by atoms with Gasteiger partial charge in [0.2, 0.25) is 0 Å². The number of furan rings is 1. The van der Waals surface area contributed by atoms with Crippen LogP contribution in [0.5, 0.6) is 0 Å². The molecule has 4 heterocycles. The van der Waals surface area contributed by atoms with Gasteiger partial charge in [-0.3, -0.25) is 9.48 Å². The standard InChI is InChI=1S/C23H23N5O3/c1-15-21-18(14-19(20-4-3-11-31-20)25-22(21)27(2)26-15)23(29)24-16-5-7-17(8-6-16)28-9-12-30-13-10-28/h3-8,11,14H,9-10,12-13H2,1-2H3,(H,24,29). The number of fused-ring (bicyclic) bond motifs is 1. The first-order valence-electron chi connectivity index (χ1n) is 10.2. The summed E-state index contributed by atoms with van der Waals surface area (Å²) in [6.07, 6.45) is 1.59. The van der Waals surface area contributed by atoms with Crippen molar-refractivity contribution in [3.63, 3.8) is 0 Å². The molecule has 1 saturated heterocycles. The van der Waals surface area contributed by atoms with E-state index in [1.807, 2.05) is 44.3 Å². The minimum Gasteiger partial charge on any atom is -0.463 e. The van der Waals surface area contributed by atoms with Gasteiger partial charge in [-0.15, -0.1) is 0 Å². The summed E-state index contributed by atoms with van der Waals surface area (Å²) in [6, 6.07) is 13.3. The van der Waals surface area contributed by atoms with Crippen LogP contribution < -0.4 is 10.2 Å². The lowest BCUT2D eigenvalue weighted by molar-refractivity contribution is 0.102.